The smallest absolute Gasteiger partial charge is 0.341 e. The summed E-state index contributed by atoms with van der Waals surface area (Å²) in [6.45, 7) is 0. The van der Waals surface area contributed by atoms with Gasteiger partial charge in [0.05, 0.1) is 13.4 Å². The summed E-state index contributed by atoms with van der Waals surface area (Å²) >= 11 is 8.50. The average molecular weight is 395 g/mol. The second-order valence-corrected chi connectivity index (χ2v) is 4.63. The number of carboxylic acid groups (broad SMARTS) is 1. The van der Waals surface area contributed by atoms with Crippen LogP contribution in [0, 0.1) is 11.6 Å². The van der Waals surface area contributed by atoms with Gasteiger partial charge in [0.2, 0.25) is 0 Å². The van der Waals surface area contributed by atoms with E-state index in [4.69, 9.17) is 5.11 Å². The number of hydrogen-bond acceptors (Lipinski definition) is 1. The standard InChI is InChI=1S/C7HBr3F2O2/c8-2-3(9)5(11)1(7(13)14)6(12)4(2)10/h(H,13,14). The molecule has 1 rings (SSSR count). The van der Waals surface area contributed by atoms with E-state index in [0.717, 1.165) is 0 Å². The molecule has 0 aliphatic carbocycles. The molecule has 0 aliphatic rings. The van der Waals surface area contributed by atoms with E-state index in [1.807, 2.05) is 0 Å². The Hall–Kier alpha value is -0.0100. The number of hydrogen-bond donors (Lipinski definition) is 1. The molecule has 0 radical (unpaired) electrons. The van der Waals surface area contributed by atoms with Gasteiger partial charge in [0.25, 0.3) is 0 Å². The number of aromatic carboxylic acids is 1. The summed E-state index contributed by atoms with van der Waals surface area (Å²) in [5.41, 5.74) is -0.994. The van der Waals surface area contributed by atoms with E-state index >= 15 is 0 Å². The third-order valence-corrected chi connectivity index (χ3v) is 4.77. The first-order valence-corrected chi connectivity index (χ1v) is 5.50. The highest BCUT2D eigenvalue weighted by Gasteiger charge is 2.25. The van der Waals surface area contributed by atoms with Crippen molar-refractivity contribution < 1.29 is 18.7 Å². The Morgan fingerprint density at radius 1 is 1.00 bits per heavy atom. The fourth-order valence-electron chi connectivity index (χ4n) is 0.793. The van der Waals surface area contributed by atoms with Crippen molar-refractivity contribution >= 4 is 53.8 Å². The molecule has 0 bridgehead atoms. The third-order valence-electron chi connectivity index (χ3n) is 1.42. The Morgan fingerprint density at radius 3 is 1.64 bits per heavy atom. The van der Waals surface area contributed by atoms with Crippen molar-refractivity contribution in [3.05, 3.63) is 30.6 Å². The predicted octanol–water partition coefficient (Wildman–Crippen LogP) is 3.95. The molecule has 1 aromatic carbocycles. The molecule has 1 N–H and O–H groups in total. The van der Waals surface area contributed by atoms with E-state index in [-0.39, 0.29) is 13.4 Å². The van der Waals surface area contributed by atoms with E-state index in [1.165, 1.54) is 0 Å². The van der Waals surface area contributed by atoms with Gasteiger partial charge in [0.1, 0.15) is 5.56 Å². The molecule has 0 amide bonds. The monoisotopic (exact) mass is 392 g/mol. The largest absolute Gasteiger partial charge is 0.477 e. The van der Waals surface area contributed by atoms with Crippen LogP contribution in [0.4, 0.5) is 8.78 Å². The van der Waals surface area contributed by atoms with E-state index in [9.17, 15) is 13.6 Å². The van der Waals surface area contributed by atoms with E-state index in [1.54, 1.807) is 0 Å². The molecule has 0 unspecified atom stereocenters. The lowest BCUT2D eigenvalue weighted by Gasteiger charge is -2.06. The lowest BCUT2D eigenvalue weighted by Crippen LogP contribution is -2.06. The topological polar surface area (TPSA) is 37.3 Å². The fraction of sp³-hybridized carbons (Fsp3) is 0. The number of carbonyl (C=O) groups is 1. The zero-order valence-corrected chi connectivity index (χ0v) is 11.0. The van der Waals surface area contributed by atoms with Crippen LogP contribution in [0.3, 0.4) is 0 Å². The van der Waals surface area contributed by atoms with Gasteiger partial charge >= 0.3 is 5.97 Å². The first-order chi connectivity index (χ1) is 6.37. The van der Waals surface area contributed by atoms with E-state index < -0.39 is 23.2 Å². The van der Waals surface area contributed by atoms with E-state index in [0.29, 0.717) is 0 Å². The average Bonchev–Trinajstić information content (AvgIpc) is 2.11. The summed E-state index contributed by atoms with van der Waals surface area (Å²) in [4.78, 5) is 10.5. The van der Waals surface area contributed by atoms with Gasteiger partial charge in [-0.25, -0.2) is 13.6 Å². The predicted molar refractivity (Wildman–Crippen MR) is 56.4 cm³/mol. The maximum Gasteiger partial charge on any atom is 0.341 e. The van der Waals surface area contributed by atoms with Crippen LogP contribution in [0.15, 0.2) is 13.4 Å². The summed E-state index contributed by atoms with van der Waals surface area (Å²) < 4.78 is 26.3. The Bertz CT molecular complexity index is 391. The summed E-state index contributed by atoms with van der Waals surface area (Å²) in [6, 6.07) is 0. The van der Waals surface area contributed by atoms with Gasteiger partial charge in [-0.2, -0.15) is 0 Å². The molecule has 76 valence electrons. The van der Waals surface area contributed by atoms with Crippen LogP contribution in [-0.4, -0.2) is 11.1 Å². The summed E-state index contributed by atoms with van der Waals surface area (Å²) in [7, 11) is 0. The highest BCUT2D eigenvalue weighted by molar-refractivity contribution is 9.14. The molecule has 0 aromatic heterocycles. The van der Waals surface area contributed by atoms with Crippen LogP contribution in [0.1, 0.15) is 10.4 Å². The SMILES string of the molecule is O=C(O)c1c(F)c(Br)c(Br)c(Br)c1F. The molecule has 14 heavy (non-hydrogen) atoms. The Labute approximate surface area is 103 Å². The van der Waals surface area contributed by atoms with Crippen molar-refractivity contribution in [1.29, 1.82) is 0 Å². The third kappa shape index (κ3) is 1.85. The highest BCUT2D eigenvalue weighted by Crippen LogP contribution is 2.37. The molecule has 1 aromatic rings. The summed E-state index contributed by atoms with van der Waals surface area (Å²) in [5, 5.41) is 8.55. The second-order valence-electron chi connectivity index (χ2n) is 2.25. The maximum absolute atomic E-state index is 13.2. The molecular weight excluding hydrogens is 394 g/mol. The normalized spacial score (nSPS) is 10.4. The number of halogens is 5. The van der Waals surface area contributed by atoms with Crippen molar-refractivity contribution in [2.45, 2.75) is 0 Å². The maximum atomic E-state index is 13.2. The molecule has 0 atom stereocenters. The zero-order valence-electron chi connectivity index (χ0n) is 6.25. The number of benzene rings is 1. The number of carboxylic acids is 1. The van der Waals surface area contributed by atoms with Crippen molar-refractivity contribution in [3.63, 3.8) is 0 Å². The molecule has 0 heterocycles. The minimum atomic E-state index is -1.66. The minimum Gasteiger partial charge on any atom is -0.477 e. The fourth-order valence-corrected chi connectivity index (χ4v) is 2.20. The summed E-state index contributed by atoms with van der Waals surface area (Å²) in [6.07, 6.45) is 0. The van der Waals surface area contributed by atoms with Crippen molar-refractivity contribution in [2.24, 2.45) is 0 Å². The van der Waals surface area contributed by atoms with Gasteiger partial charge in [0, 0.05) is 0 Å². The van der Waals surface area contributed by atoms with Gasteiger partial charge in [0.15, 0.2) is 11.6 Å². The van der Waals surface area contributed by atoms with Crippen molar-refractivity contribution in [3.8, 4) is 0 Å². The van der Waals surface area contributed by atoms with Crippen LogP contribution in [0.5, 0.6) is 0 Å². The number of rotatable bonds is 1. The van der Waals surface area contributed by atoms with Crippen LogP contribution in [0.25, 0.3) is 0 Å². The van der Waals surface area contributed by atoms with Crippen molar-refractivity contribution in [2.75, 3.05) is 0 Å². The molecular formula is C7HBr3F2O2. The van der Waals surface area contributed by atoms with Gasteiger partial charge in [-0.3, -0.25) is 0 Å². The lowest BCUT2D eigenvalue weighted by molar-refractivity contribution is 0.0686. The molecule has 2 nitrogen and oxygen atoms in total. The Morgan fingerprint density at radius 2 is 1.36 bits per heavy atom. The lowest BCUT2D eigenvalue weighted by atomic mass is 10.2. The quantitative estimate of drug-likeness (QED) is 0.578. The summed E-state index contributed by atoms with van der Waals surface area (Å²) in [5.74, 6) is -3.95. The second kappa shape index (κ2) is 4.24. The van der Waals surface area contributed by atoms with Gasteiger partial charge < -0.3 is 5.11 Å². The minimum absolute atomic E-state index is 0.0949. The van der Waals surface area contributed by atoms with Gasteiger partial charge in [-0.05, 0) is 47.8 Å². The molecule has 0 saturated carbocycles. The molecule has 0 spiro atoms. The van der Waals surface area contributed by atoms with Crippen LogP contribution in [0.2, 0.25) is 0 Å². The highest BCUT2D eigenvalue weighted by atomic mass is 79.9. The van der Waals surface area contributed by atoms with Crippen LogP contribution >= 0.6 is 47.8 Å². The van der Waals surface area contributed by atoms with Gasteiger partial charge in [-0.1, -0.05) is 0 Å². The first-order valence-electron chi connectivity index (χ1n) is 3.12. The van der Waals surface area contributed by atoms with Crippen molar-refractivity contribution in [1.82, 2.24) is 0 Å². The first kappa shape index (κ1) is 12.1. The molecule has 0 aliphatic heterocycles. The van der Waals surface area contributed by atoms with Crippen LogP contribution in [-0.2, 0) is 0 Å². The Balaban J connectivity index is 3.68. The molecule has 7 heteroatoms. The molecule has 0 saturated heterocycles. The van der Waals surface area contributed by atoms with Gasteiger partial charge in [-0.15, -0.1) is 0 Å². The zero-order chi connectivity index (χ0) is 11.0. The van der Waals surface area contributed by atoms with E-state index in [2.05, 4.69) is 47.8 Å². The van der Waals surface area contributed by atoms with Crippen LogP contribution < -0.4 is 0 Å². The Kier molecular flexibility index (Phi) is 3.65. The molecule has 0 fully saturated rings.